The summed E-state index contributed by atoms with van der Waals surface area (Å²) >= 11 is 0. The smallest absolute Gasteiger partial charge is 0.222 e. The van der Waals surface area contributed by atoms with Crippen LogP contribution in [0.1, 0.15) is 25.7 Å². The molecule has 0 atom stereocenters. The highest BCUT2D eigenvalue weighted by molar-refractivity contribution is 5.76. The second-order valence-electron chi connectivity index (χ2n) is 4.16. The summed E-state index contributed by atoms with van der Waals surface area (Å²) in [6.45, 7) is 6.55. The maximum Gasteiger partial charge on any atom is 0.222 e. The average Bonchev–Trinajstić information content (AvgIpc) is 2.29. The molecule has 1 rings (SSSR count). The van der Waals surface area contributed by atoms with Gasteiger partial charge in [0.2, 0.25) is 5.91 Å². The number of hydrogen-bond acceptors (Lipinski definition) is 2. The number of nitrogens with zero attached hydrogens (tertiary/aromatic N) is 1. The third kappa shape index (κ3) is 4.04. The van der Waals surface area contributed by atoms with Crippen LogP contribution in [-0.2, 0) is 4.79 Å². The van der Waals surface area contributed by atoms with Gasteiger partial charge in [0, 0.05) is 19.5 Å². The Morgan fingerprint density at radius 1 is 1.53 bits per heavy atom. The van der Waals surface area contributed by atoms with Gasteiger partial charge in [0.25, 0.3) is 0 Å². The quantitative estimate of drug-likeness (QED) is 0.549. The van der Waals surface area contributed by atoms with Gasteiger partial charge in [0.05, 0.1) is 0 Å². The van der Waals surface area contributed by atoms with E-state index in [0.717, 1.165) is 38.9 Å². The molecule has 1 amide bonds. The maximum atomic E-state index is 11.7. The second kappa shape index (κ2) is 6.62. The molecule has 1 aliphatic heterocycles. The largest absolute Gasteiger partial charge is 0.343 e. The van der Waals surface area contributed by atoms with E-state index in [4.69, 9.17) is 0 Å². The monoisotopic (exact) mass is 210 g/mol. The standard InChI is InChI=1S/C12H22N2O/c1-3-11-6-9-14(10-7-11)12(15)5-4-8-13-2/h3,11,13H,1,4-10H2,2H3. The van der Waals surface area contributed by atoms with Crippen LogP contribution in [0.4, 0.5) is 0 Å². The predicted molar refractivity (Wildman–Crippen MR) is 62.7 cm³/mol. The maximum absolute atomic E-state index is 11.7. The topological polar surface area (TPSA) is 32.3 Å². The molecule has 0 saturated carbocycles. The number of amides is 1. The second-order valence-corrected chi connectivity index (χ2v) is 4.16. The van der Waals surface area contributed by atoms with Gasteiger partial charge in [0.15, 0.2) is 0 Å². The van der Waals surface area contributed by atoms with E-state index >= 15 is 0 Å². The van der Waals surface area contributed by atoms with Crippen molar-refractivity contribution in [3.05, 3.63) is 12.7 Å². The highest BCUT2D eigenvalue weighted by Gasteiger charge is 2.20. The predicted octanol–water partition coefficient (Wildman–Crippen LogP) is 1.41. The molecule has 0 bridgehead atoms. The minimum absolute atomic E-state index is 0.313. The first-order chi connectivity index (χ1) is 7.27. The molecular formula is C12H22N2O. The van der Waals surface area contributed by atoms with E-state index in [1.54, 1.807) is 0 Å². The van der Waals surface area contributed by atoms with Crippen molar-refractivity contribution in [2.75, 3.05) is 26.7 Å². The summed E-state index contributed by atoms with van der Waals surface area (Å²) in [4.78, 5) is 13.7. The van der Waals surface area contributed by atoms with Crippen molar-refractivity contribution in [1.82, 2.24) is 10.2 Å². The number of likely N-dealkylation sites (tertiary alicyclic amines) is 1. The van der Waals surface area contributed by atoms with Crippen molar-refractivity contribution in [3.63, 3.8) is 0 Å². The molecule has 0 radical (unpaired) electrons. The zero-order valence-corrected chi connectivity index (χ0v) is 9.67. The zero-order chi connectivity index (χ0) is 11.1. The molecule has 3 nitrogen and oxygen atoms in total. The minimum Gasteiger partial charge on any atom is -0.343 e. The van der Waals surface area contributed by atoms with Crippen molar-refractivity contribution in [1.29, 1.82) is 0 Å². The first-order valence-corrected chi connectivity index (χ1v) is 5.83. The van der Waals surface area contributed by atoms with Crippen LogP contribution in [0.2, 0.25) is 0 Å². The molecule has 1 aliphatic rings. The molecule has 15 heavy (non-hydrogen) atoms. The Hall–Kier alpha value is -0.830. The molecule has 1 saturated heterocycles. The Labute approximate surface area is 92.5 Å². The Morgan fingerprint density at radius 3 is 2.73 bits per heavy atom. The van der Waals surface area contributed by atoms with E-state index in [1.165, 1.54) is 0 Å². The zero-order valence-electron chi connectivity index (χ0n) is 9.67. The van der Waals surface area contributed by atoms with Gasteiger partial charge in [-0.2, -0.15) is 0 Å². The van der Waals surface area contributed by atoms with Crippen LogP contribution in [0, 0.1) is 5.92 Å². The minimum atomic E-state index is 0.313. The van der Waals surface area contributed by atoms with Crippen molar-refractivity contribution in [3.8, 4) is 0 Å². The summed E-state index contributed by atoms with van der Waals surface area (Å²) < 4.78 is 0. The van der Waals surface area contributed by atoms with Gasteiger partial charge in [-0.15, -0.1) is 6.58 Å². The molecule has 1 heterocycles. The molecule has 86 valence electrons. The van der Waals surface area contributed by atoms with Gasteiger partial charge in [0.1, 0.15) is 0 Å². The van der Waals surface area contributed by atoms with Crippen molar-refractivity contribution in [2.45, 2.75) is 25.7 Å². The van der Waals surface area contributed by atoms with Gasteiger partial charge < -0.3 is 10.2 Å². The van der Waals surface area contributed by atoms with Crippen LogP contribution in [0.15, 0.2) is 12.7 Å². The van der Waals surface area contributed by atoms with Gasteiger partial charge in [-0.25, -0.2) is 0 Å². The summed E-state index contributed by atoms with van der Waals surface area (Å²) in [7, 11) is 1.92. The normalized spacial score (nSPS) is 17.8. The number of carbonyl (C=O) groups is 1. The Balaban J connectivity index is 2.21. The summed E-state index contributed by atoms with van der Waals surface area (Å²) in [6.07, 6.45) is 5.81. The van der Waals surface area contributed by atoms with E-state index < -0.39 is 0 Å². The molecule has 0 aromatic rings. The van der Waals surface area contributed by atoms with Crippen LogP contribution in [0.25, 0.3) is 0 Å². The number of rotatable bonds is 5. The molecule has 1 fully saturated rings. The molecule has 3 heteroatoms. The molecular weight excluding hydrogens is 188 g/mol. The molecule has 0 aliphatic carbocycles. The first kappa shape index (κ1) is 12.2. The van der Waals surface area contributed by atoms with Gasteiger partial charge in [-0.1, -0.05) is 6.08 Å². The first-order valence-electron chi connectivity index (χ1n) is 5.83. The van der Waals surface area contributed by atoms with Crippen molar-refractivity contribution < 1.29 is 4.79 Å². The lowest BCUT2D eigenvalue weighted by Gasteiger charge is -2.30. The summed E-state index contributed by atoms with van der Waals surface area (Å²) in [5, 5.41) is 3.06. The lowest BCUT2D eigenvalue weighted by atomic mass is 9.97. The van der Waals surface area contributed by atoms with Crippen LogP contribution in [0.3, 0.4) is 0 Å². The van der Waals surface area contributed by atoms with Crippen LogP contribution in [-0.4, -0.2) is 37.5 Å². The number of piperidine rings is 1. The number of allylic oxidation sites excluding steroid dienone is 1. The molecule has 0 unspecified atom stereocenters. The van der Waals surface area contributed by atoms with E-state index in [9.17, 15) is 4.79 Å². The Bertz CT molecular complexity index is 208. The van der Waals surface area contributed by atoms with E-state index in [0.29, 0.717) is 18.2 Å². The SMILES string of the molecule is C=CC1CCN(C(=O)CCCNC)CC1. The summed E-state index contributed by atoms with van der Waals surface area (Å²) in [6, 6.07) is 0. The van der Waals surface area contributed by atoms with Crippen LogP contribution < -0.4 is 5.32 Å². The highest BCUT2D eigenvalue weighted by atomic mass is 16.2. The van der Waals surface area contributed by atoms with E-state index in [1.807, 2.05) is 18.0 Å². The Kier molecular flexibility index (Phi) is 5.40. The van der Waals surface area contributed by atoms with Gasteiger partial charge in [-0.05, 0) is 38.8 Å². The van der Waals surface area contributed by atoms with E-state index in [2.05, 4.69) is 11.9 Å². The molecule has 1 N–H and O–H groups in total. The molecule has 0 aromatic carbocycles. The van der Waals surface area contributed by atoms with Crippen LogP contribution >= 0.6 is 0 Å². The summed E-state index contributed by atoms with van der Waals surface area (Å²) in [5.41, 5.74) is 0. The molecule has 0 aromatic heterocycles. The third-order valence-electron chi connectivity index (χ3n) is 3.04. The van der Waals surface area contributed by atoms with Crippen molar-refractivity contribution >= 4 is 5.91 Å². The van der Waals surface area contributed by atoms with Gasteiger partial charge in [-0.3, -0.25) is 4.79 Å². The molecule has 0 spiro atoms. The number of carbonyl (C=O) groups excluding carboxylic acids is 1. The lowest BCUT2D eigenvalue weighted by molar-refractivity contribution is -0.132. The number of hydrogen-bond donors (Lipinski definition) is 1. The fraction of sp³-hybridized carbons (Fsp3) is 0.750. The van der Waals surface area contributed by atoms with Gasteiger partial charge >= 0.3 is 0 Å². The third-order valence-corrected chi connectivity index (χ3v) is 3.04. The fourth-order valence-electron chi connectivity index (χ4n) is 1.96. The summed E-state index contributed by atoms with van der Waals surface area (Å²) in [5.74, 6) is 0.930. The van der Waals surface area contributed by atoms with Crippen LogP contribution in [0.5, 0.6) is 0 Å². The average molecular weight is 210 g/mol. The highest BCUT2D eigenvalue weighted by Crippen LogP contribution is 2.18. The van der Waals surface area contributed by atoms with E-state index in [-0.39, 0.29) is 0 Å². The van der Waals surface area contributed by atoms with Crippen molar-refractivity contribution in [2.24, 2.45) is 5.92 Å². The lowest BCUT2D eigenvalue weighted by Crippen LogP contribution is -2.38. The number of nitrogens with one attached hydrogen (secondary N) is 1. The fourth-order valence-corrected chi connectivity index (χ4v) is 1.96. The Morgan fingerprint density at radius 2 is 2.20 bits per heavy atom.